The van der Waals surface area contributed by atoms with E-state index >= 15 is 0 Å². The van der Waals surface area contributed by atoms with Gasteiger partial charge in [-0.15, -0.1) is 0 Å². The first-order valence-electron chi connectivity index (χ1n) is 8.09. The van der Waals surface area contributed by atoms with Crippen LogP contribution in [0.5, 0.6) is 17.2 Å². The van der Waals surface area contributed by atoms with Crippen molar-refractivity contribution in [3.05, 3.63) is 48.0 Å². The highest BCUT2D eigenvalue weighted by atomic mass is 32.1. The fraction of sp³-hybridized carbons (Fsp3) is 0.316. The van der Waals surface area contributed by atoms with E-state index in [4.69, 9.17) is 26.4 Å². The fourth-order valence-corrected chi connectivity index (χ4v) is 2.64. The minimum Gasteiger partial charge on any atom is -0.497 e. The average molecular weight is 360 g/mol. The molecule has 25 heavy (non-hydrogen) atoms. The molecule has 0 fully saturated rings. The van der Waals surface area contributed by atoms with Crippen LogP contribution in [-0.2, 0) is 0 Å². The SMILES string of the molecule is CCOc1ccc([C@H](C)NC(=S)Nc2cc(OC)cc(OC)c2)cc1. The molecule has 0 bridgehead atoms. The first-order chi connectivity index (χ1) is 12.0. The lowest BCUT2D eigenvalue weighted by Gasteiger charge is -2.18. The van der Waals surface area contributed by atoms with Crippen molar-refractivity contribution in [2.24, 2.45) is 0 Å². The van der Waals surface area contributed by atoms with E-state index in [1.54, 1.807) is 14.2 Å². The van der Waals surface area contributed by atoms with Gasteiger partial charge in [0.15, 0.2) is 5.11 Å². The van der Waals surface area contributed by atoms with Crippen LogP contribution < -0.4 is 24.8 Å². The quantitative estimate of drug-likeness (QED) is 0.724. The third-order valence-corrected chi connectivity index (χ3v) is 3.87. The van der Waals surface area contributed by atoms with E-state index in [0.29, 0.717) is 23.2 Å². The number of thiocarbonyl (C=S) groups is 1. The van der Waals surface area contributed by atoms with Gasteiger partial charge in [-0.1, -0.05) is 12.1 Å². The van der Waals surface area contributed by atoms with Gasteiger partial charge < -0.3 is 24.8 Å². The molecule has 1 atom stereocenters. The van der Waals surface area contributed by atoms with Crippen LogP contribution in [0.2, 0.25) is 0 Å². The van der Waals surface area contributed by atoms with Gasteiger partial charge in [-0.25, -0.2) is 0 Å². The van der Waals surface area contributed by atoms with Gasteiger partial charge >= 0.3 is 0 Å². The van der Waals surface area contributed by atoms with Crippen LogP contribution in [0.4, 0.5) is 5.69 Å². The Morgan fingerprint density at radius 1 is 1.00 bits per heavy atom. The Kier molecular flexibility index (Phi) is 6.89. The summed E-state index contributed by atoms with van der Waals surface area (Å²) in [6.45, 7) is 4.68. The molecule has 2 aromatic rings. The second-order valence-corrected chi connectivity index (χ2v) is 5.83. The smallest absolute Gasteiger partial charge is 0.171 e. The maximum Gasteiger partial charge on any atom is 0.171 e. The molecule has 0 aliphatic rings. The summed E-state index contributed by atoms with van der Waals surface area (Å²) in [6, 6.07) is 13.6. The number of nitrogens with one attached hydrogen (secondary N) is 2. The maximum atomic E-state index is 5.46. The first-order valence-corrected chi connectivity index (χ1v) is 8.50. The molecule has 0 radical (unpaired) electrons. The number of rotatable bonds is 7. The molecule has 0 spiro atoms. The molecule has 2 rings (SSSR count). The van der Waals surface area contributed by atoms with E-state index in [1.165, 1.54) is 0 Å². The average Bonchev–Trinajstić information content (AvgIpc) is 2.62. The highest BCUT2D eigenvalue weighted by Crippen LogP contribution is 2.26. The normalized spacial score (nSPS) is 11.4. The largest absolute Gasteiger partial charge is 0.497 e. The van der Waals surface area contributed by atoms with Gasteiger partial charge in [0, 0.05) is 23.9 Å². The topological polar surface area (TPSA) is 51.8 Å². The Morgan fingerprint density at radius 3 is 2.12 bits per heavy atom. The molecule has 5 nitrogen and oxygen atoms in total. The van der Waals surface area contributed by atoms with Crippen LogP contribution in [0.1, 0.15) is 25.5 Å². The minimum absolute atomic E-state index is 0.0585. The van der Waals surface area contributed by atoms with Gasteiger partial charge in [0.25, 0.3) is 0 Å². The number of methoxy groups -OCH3 is 2. The van der Waals surface area contributed by atoms with E-state index in [0.717, 1.165) is 17.0 Å². The van der Waals surface area contributed by atoms with Gasteiger partial charge in [0.05, 0.1) is 26.9 Å². The maximum absolute atomic E-state index is 5.46. The summed E-state index contributed by atoms with van der Waals surface area (Å²) in [5, 5.41) is 6.95. The summed E-state index contributed by atoms with van der Waals surface area (Å²) in [5.74, 6) is 2.26. The van der Waals surface area contributed by atoms with Crippen LogP contribution in [0, 0.1) is 0 Å². The predicted octanol–water partition coefficient (Wildman–Crippen LogP) is 4.15. The summed E-state index contributed by atoms with van der Waals surface area (Å²) in [6.07, 6.45) is 0. The number of ether oxygens (including phenoxy) is 3. The summed E-state index contributed by atoms with van der Waals surface area (Å²) >= 11 is 5.41. The van der Waals surface area contributed by atoms with Crippen LogP contribution in [0.15, 0.2) is 42.5 Å². The molecule has 0 aromatic heterocycles. The van der Waals surface area contributed by atoms with Crippen molar-refractivity contribution in [2.75, 3.05) is 26.1 Å². The number of benzene rings is 2. The zero-order valence-corrected chi connectivity index (χ0v) is 15.8. The van der Waals surface area contributed by atoms with Gasteiger partial charge in [-0.2, -0.15) is 0 Å². The van der Waals surface area contributed by atoms with Crippen LogP contribution in [0.25, 0.3) is 0 Å². The van der Waals surface area contributed by atoms with Crippen LogP contribution in [-0.4, -0.2) is 25.9 Å². The number of anilines is 1. The van der Waals surface area contributed by atoms with Gasteiger partial charge in [0.2, 0.25) is 0 Å². The highest BCUT2D eigenvalue weighted by molar-refractivity contribution is 7.80. The molecule has 0 heterocycles. The molecular weight excluding hydrogens is 336 g/mol. The molecule has 0 amide bonds. The summed E-state index contributed by atoms with van der Waals surface area (Å²) in [5.41, 5.74) is 1.92. The Balaban J connectivity index is 1.99. The predicted molar refractivity (Wildman–Crippen MR) is 105 cm³/mol. The molecule has 0 saturated carbocycles. The molecule has 0 aliphatic carbocycles. The second-order valence-electron chi connectivity index (χ2n) is 5.42. The lowest BCUT2D eigenvalue weighted by Crippen LogP contribution is -2.30. The van der Waals surface area contributed by atoms with E-state index in [2.05, 4.69) is 17.6 Å². The van der Waals surface area contributed by atoms with Gasteiger partial charge in [-0.3, -0.25) is 0 Å². The number of hydrogen-bond acceptors (Lipinski definition) is 4. The van der Waals surface area contributed by atoms with Crippen molar-refractivity contribution in [3.63, 3.8) is 0 Å². The molecular formula is C19H24N2O3S. The molecule has 0 unspecified atom stereocenters. The standard InChI is InChI=1S/C19H24N2O3S/c1-5-24-16-8-6-14(7-9-16)13(2)20-19(25)21-15-10-17(22-3)12-18(11-15)23-4/h6-13H,5H2,1-4H3,(H2,20,21,25)/t13-/m0/s1. The molecule has 2 aromatic carbocycles. The Morgan fingerprint density at radius 2 is 1.60 bits per heavy atom. The molecule has 0 aliphatic heterocycles. The molecule has 0 saturated heterocycles. The second kappa shape index (κ2) is 9.13. The Labute approximate surface area is 154 Å². The lowest BCUT2D eigenvalue weighted by atomic mass is 10.1. The molecule has 6 heteroatoms. The molecule has 134 valence electrons. The van der Waals surface area contributed by atoms with E-state index < -0.39 is 0 Å². The summed E-state index contributed by atoms with van der Waals surface area (Å²) in [4.78, 5) is 0. The van der Waals surface area contributed by atoms with Crippen LogP contribution in [0.3, 0.4) is 0 Å². The summed E-state index contributed by atoms with van der Waals surface area (Å²) in [7, 11) is 3.23. The van der Waals surface area contributed by atoms with Crippen LogP contribution >= 0.6 is 12.2 Å². The van der Waals surface area contributed by atoms with E-state index in [-0.39, 0.29) is 6.04 Å². The number of hydrogen-bond donors (Lipinski definition) is 2. The van der Waals surface area contributed by atoms with Crippen molar-refractivity contribution in [3.8, 4) is 17.2 Å². The zero-order valence-electron chi connectivity index (χ0n) is 15.0. The highest BCUT2D eigenvalue weighted by Gasteiger charge is 2.09. The van der Waals surface area contributed by atoms with Crippen molar-refractivity contribution >= 4 is 23.0 Å². The minimum atomic E-state index is 0.0585. The zero-order chi connectivity index (χ0) is 18.2. The molecule has 2 N–H and O–H groups in total. The summed E-state index contributed by atoms with van der Waals surface area (Å²) < 4.78 is 16.0. The third kappa shape index (κ3) is 5.53. The van der Waals surface area contributed by atoms with Gasteiger partial charge in [-0.05, 0) is 43.8 Å². The monoisotopic (exact) mass is 360 g/mol. The fourth-order valence-electron chi connectivity index (χ4n) is 2.35. The van der Waals surface area contributed by atoms with Crippen molar-refractivity contribution in [1.29, 1.82) is 0 Å². The first kappa shape index (κ1) is 18.9. The van der Waals surface area contributed by atoms with Crippen molar-refractivity contribution in [2.45, 2.75) is 19.9 Å². The Hall–Kier alpha value is -2.47. The van der Waals surface area contributed by atoms with Crippen molar-refractivity contribution < 1.29 is 14.2 Å². The van der Waals surface area contributed by atoms with Gasteiger partial charge in [0.1, 0.15) is 17.2 Å². The van der Waals surface area contributed by atoms with E-state index in [9.17, 15) is 0 Å². The third-order valence-electron chi connectivity index (χ3n) is 3.65. The Bertz CT molecular complexity index is 682. The van der Waals surface area contributed by atoms with E-state index in [1.807, 2.05) is 49.4 Å². The van der Waals surface area contributed by atoms with Crippen molar-refractivity contribution in [1.82, 2.24) is 5.32 Å². The lowest BCUT2D eigenvalue weighted by molar-refractivity contribution is 0.340.